The van der Waals surface area contributed by atoms with Crippen molar-refractivity contribution in [3.63, 3.8) is 0 Å². The summed E-state index contributed by atoms with van der Waals surface area (Å²) >= 11 is 0. The smallest absolute Gasteiger partial charge is 0.328 e. The van der Waals surface area contributed by atoms with Crippen LogP contribution < -0.4 is 4.74 Å². The van der Waals surface area contributed by atoms with Crippen LogP contribution >= 0.6 is 0 Å². The van der Waals surface area contributed by atoms with E-state index in [1.54, 1.807) is 33.1 Å². The first-order chi connectivity index (χ1) is 11.3. The zero-order valence-corrected chi connectivity index (χ0v) is 15.0. The normalized spacial score (nSPS) is 19.5. The van der Waals surface area contributed by atoms with Crippen LogP contribution in [0.4, 0.5) is 0 Å². The number of nitrogens with zero attached hydrogens (tertiary/aromatic N) is 1. The Labute approximate surface area is 142 Å². The number of hydrogen-bond donors (Lipinski definition) is 1. The van der Waals surface area contributed by atoms with Crippen LogP contribution in [-0.4, -0.2) is 43.5 Å². The van der Waals surface area contributed by atoms with E-state index in [0.717, 1.165) is 18.9 Å². The van der Waals surface area contributed by atoms with E-state index < -0.39 is 22.0 Å². The summed E-state index contributed by atoms with van der Waals surface area (Å²) in [6, 6.07) is 2.97. The topological polar surface area (TPSA) is 83.9 Å². The number of ether oxygens (including phenoxy) is 1. The highest BCUT2D eigenvalue weighted by Gasteiger charge is 2.34. The molecule has 1 unspecified atom stereocenters. The molecule has 0 aliphatic carbocycles. The summed E-state index contributed by atoms with van der Waals surface area (Å²) in [5.41, 5.74) is 1.25. The van der Waals surface area contributed by atoms with E-state index in [1.807, 2.05) is 0 Å². The molecule has 1 aromatic rings. The molecule has 7 heteroatoms. The van der Waals surface area contributed by atoms with Gasteiger partial charge >= 0.3 is 5.97 Å². The minimum Gasteiger partial charge on any atom is -0.497 e. The summed E-state index contributed by atoms with van der Waals surface area (Å²) in [6.07, 6.45) is 4.75. The zero-order chi connectivity index (χ0) is 17.9. The van der Waals surface area contributed by atoms with Gasteiger partial charge in [-0.1, -0.05) is 12.5 Å². The van der Waals surface area contributed by atoms with Gasteiger partial charge in [-0.05, 0) is 49.9 Å². The molecule has 0 bridgehead atoms. The molecule has 0 radical (unpaired) electrons. The zero-order valence-electron chi connectivity index (χ0n) is 14.2. The van der Waals surface area contributed by atoms with Gasteiger partial charge in [0.2, 0.25) is 10.0 Å². The van der Waals surface area contributed by atoms with Crippen molar-refractivity contribution in [3.8, 4) is 5.75 Å². The summed E-state index contributed by atoms with van der Waals surface area (Å²) in [4.78, 5) is 11.1. The van der Waals surface area contributed by atoms with Crippen LogP contribution in [0.5, 0.6) is 5.75 Å². The number of sulfonamides is 1. The number of piperidine rings is 1. The van der Waals surface area contributed by atoms with Gasteiger partial charge in [-0.3, -0.25) is 0 Å². The molecular formula is C17H23NO5S. The molecule has 1 heterocycles. The Kier molecular flexibility index (Phi) is 5.66. The molecule has 0 amide bonds. The van der Waals surface area contributed by atoms with Gasteiger partial charge in [-0.2, -0.15) is 4.31 Å². The maximum atomic E-state index is 13.2. The Morgan fingerprint density at radius 2 is 1.92 bits per heavy atom. The summed E-state index contributed by atoms with van der Waals surface area (Å²) in [5.74, 6) is -0.459. The minimum atomic E-state index is -3.71. The number of carboxylic acid groups (broad SMARTS) is 1. The Morgan fingerprint density at radius 1 is 1.29 bits per heavy atom. The minimum absolute atomic E-state index is 0.277. The van der Waals surface area contributed by atoms with Crippen molar-refractivity contribution in [2.24, 2.45) is 0 Å². The Morgan fingerprint density at radius 3 is 2.46 bits per heavy atom. The molecule has 0 aromatic heterocycles. The molecule has 1 atom stereocenters. The molecule has 0 saturated carbocycles. The highest BCUT2D eigenvalue weighted by molar-refractivity contribution is 7.89. The molecule has 0 spiro atoms. The first-order valence-corrected chi connectivity index (χ1v) is 9.29. The van der Waals surface area contributed by atoms with Crippen molar-refractivity contribution >= 4 is 16.0 Å². The number of benzene rings is 1. The molecular weight excluding hydrogens is 330 g/mol. The van der Waals surface area contributed by atoms with Gasteiger partial charge in [0.1, 0.15) is 5.75 Å². The van der Waals surface area contributed by atoms with Crippen molar-refractivity contribution in [2.75, 3.05) is 13.7 Å². The van der Waals surface area contributed by atoms with Gasteiger partial charge < -0.3 is 9.84 Å². The molecule has 6 nitrogen and oxygen atoms in total. The monoisotopic (exact) mass is 353 g/mol. The van der Waals surface area contributed by atoms with Crippen LogP contribution in [0.1, 0.15) is 30.4 Å². The predicted octanol–water partition coefficient (Wildman–Crippen LogP) is 2.50. The van der Waals surface area contributed by atoms with Gasteiger partial charge in [0.25, 0.3) is 0 Å². The Bertz CT molecular complexity index is 731. The SMILES string of the molecule is COc1cc(C)c(S(=O)(=O)N2CCCCC2/C=C/C(=O)O)c(C)c1. The van der Waals surface area contributed by atoms with Gasteiger partial charge in [0, 0.05) is 18.7 Å². The van der Waals surface area contributed by atoms with Crippen LogP contribution in [0.2, 0.25) is 0 Å². The fraction of sp³-hybridized carbons (Fsp3) is 0.471. The summed E-state index contributed by atoms with van der Waals surface area (Å²) in [5, 5.41) is 8.83. The molecule has 1 aromatic carbocycles. The quantitative estimate of drug-likeness (QED) is 0.822. The van der Waals surface area contributed by atoms with Gasteiger partial charge in [0.15, 0.2) is 0 Å². The summed E-state index contributed by atoms with van der Waals surface area (Å²) in [7, 11) is -2.17. The van der Waals surface area contributed by atoms with E-state index in [-0.39, 0.29) is 4.90 Å². The number of aryl methyl sites for hydroxylation is 2. The second-order valence-electron chi connectivity index (χ2n) is 5.97. The average molecular weight is 353 g/mol. The molecule has 1 aliphatic heterocycles. The van der Waals surface area contributed by atoms with E-state index in [4.69, 9.17) is 9.84 Å². The number of carboxylic acids is 1. The standard InChI is InChI=1S/C17H23NO5S/c1-12-10-15(23-3)11-13(2)17(12)24(21,22)18-9-5-4-6-14(18)7-8-16(19)20/h7-8,10-11,14H,4-6,9H2,1-3H3,(H,19,20)/b8-7+. The number of aliphatic carboxylic acids is 1. The second kappa shape index (κ2) is 7.36. The van der Waals surface area contributed by atoms with Crippen LogP contribution in [0, 0.1) is 13.8 Å². The van der Waals surface area contributed by atoms with Gasteiger partial charge in [-0.25, -0.2) is 13.2 Å². The van der Waals surface area contributed by atoms with E-state index in [0.29, 0.717) is 29.8 Å². The van der Waals surface area contributed by atoms with E-state index in [1.165, 1.54) is 10.4 Å². The molecule has 1 aliphatic rings. The second-order valence-corrected chi connectivity index (χ2v) is 7.79. The van der Waals surface area contributed by atoms with Crippen molar-refractivity contribution in [1.82, 2.24) is 4.31 Å². The maximum Gasteiger partial charge on any atom is 0.328 e. The fourth-order valence-corrected chi connectivity index (χ4v) is 5.24. The lowest BCUT2D eigenvalue weighted by Crippen LogP contribution is -2.43. The highest BCUT2D eigenvalue weighted by atomic mass is 32.2. The largest absolute Gasteiger partial charge is 0.497 e. The van der Waals surface area contributed by atoms with Crippen LogP contribution in [0.25, 0.3) is 0 Å². The number of methoxy groups -OCH3 is 1. The van der Waals surface area contributed by atoms with E-state index in [9.17, 15) is 13.2 Å². The Balaban J connectivity index is 2.46. The van der Waals surface area contributed by atoms with Gasteiger partial charge in [0.05, 0.1) is 12.0 Å². The van der Waals surface area contributed by atoms with Crippen molar-refractivity contribution in [2.45, 2.75) is 44.0 Å². The first-order valence-electron chi connectivity index (χ1n) is 7.85. The average Bonchev–Trinajstić information content (AvgIpc) is 2.52. The lowest BCUT2D eigenvalue weighted by Gasteiger charge is -2.33. The first kappa shape index (κ1) is 18.5. The van der Waals surface area contributed by atoms with Crippen LogP contribution in [-0.2, 0) is 14.8 Å². The van der Waals surface area contributed by atoms with Crippen LogP contribution in [0.15, 0.2) is 29.2 Å². The third kappa shape index (κ3) is 3.79. The fourth-order valence-electron chi connectivity index (χ4n) is 3.17. The van der Waals surface area contributed by atoms with Crippen molar-refractivity contribution in [3.05, 3.63) is 35.4 Å². The molecule has 24 heavy (non-hydrogen) atoms. The number of rotatable bonds is 5. The molecule has 1 fully saturated rings. The summed E-state index contributed by atoms with van der Waals surface area (Å²) < 4.78 is 33.0. The predicted molar refractivity (Wildman–Crippen MR) is 90.8 cm³/mol. The summed E-state index contributed by atoms with van der Waals surface area (Å²) in [6.45, 7) is 3.88. The highest BCUT2D eigenvalue weighted by Crippen LogP contribution is 2.32. The van der Waals surface area contributed by atoms with Crippen molar-refractivity contribution < 1.29 is 23.1 Å². The third-order valence-corrected chi connectivity index (χ3v) is 6.43. The number of carbonyl (C=O) groups is 1. The van der Waals surface area contributed by atoms with Crippen molar-refractivity contribution in [1.29, 1.82) is 0 Å². The molecule has 2 rings (SSSR count). The van der Waals surface area contributed by atoms with Gasteiger partial charge in [-0.15, -0.1) is 0 Å². The lowest BCUT2D eigenvalue weighted by atomic mass is 10.0. The molecule has 1 N–H and O–H groups in total. The lowest BCUT2D eigenvalue weighted by molar-refractivity contribution is -0.131. The number of hydrogen-bond acceptors (Lipinski definition) is 4. The maximum absolute atomic E-state index is 13.2. The molecule has 132 valence electrons. The van der Waals surface area contributed by atoms with E-state index >= 15 is 0 Å². The Hall–Kier alpha value is -1.86. The molecule has 1 saturated heterocycles. The van der Waals surface area contributed by atoms with E-state index in [2.05, 4.69) is 0 Å². The van der Waals surface area contributed by atoms with Crippen LogP contribution in [0.3, 0.4) is 0 Å². The third-order valence-electron chi connectivity index (χ3n) is 4.20.